The Hall–Kier alpha value is -3.24. The van der Waals surface area contributed by atoms with Gasteiger partial charge in [-0.05, 0) is 25.0 Å². The van der Waals surface area contributed by atoms with E-state index in [4.69, 9.17) is 4.74 Å². The van der Waals surface area contributed by atoms with Crippen LogP contribution in [-0.2, 0) is 16.0 Å². The van der Waals surface area contributed by atoms with E-state index in [1.165, 1.54) is 35.2 Å². The van der Waals surface area contributed by atoms with E-state index in [0.717, 1.165) is 17.3 Å². The summed E-state index contributed by atoms with van der Waals surface area (Å²) in [4.78, 5) is 39.9. The van der Waals surface area contributed by atoms with Crippen molar-refractivity contribution in [2.75, 3.05) is 13.2 Å². The van der Waals surface area contributed by atoms with Crippen LogP contribution in [0.25, 0.3) is 0 Å². The largest absolute Gasteiger partial charge is 0.452 e. The first-order chi connectivity index (χ1) is 14.9. The van der Waals surface area contributed by atoms with Crippen LogP contribution >= 0.6 is 23.1 Å². The Labute approximate surface area is 186 Å². The fourth-order valence-electron chi connectivity index (χ4n) is 2.60. The predicted molar refractivity (Wildman–Crippen MR) is 118 cm³/mol. The van der Waals surface area contributed by atoms with Crippen molar-refractivity contribution < 1.29 is 19.2 Å². The van der Waals surface area contributed by atoms with Gasteiger partial charge in [-0.2, -0.15) is 0 Å². The molecule has 0 aliphatic rings. The molecule has 8 nitrogen and oxygen atoms in total. The smallest absolute Gasteiger partial charge is 0.340 e. The van der Waals surface area contributed by atoms with Crippen molar-refractivity contribution in [2.24, 2.45) is 0 Å². The molecule has 1 heterocycles. The minimum Gasteiger partial charge on any atom is -0.452 e. The van der Waals surface area contributed by atoms with Gasteiger partial charge in [-0.3, -0.25) is 14.9 Å². The van der Waals surface area contributed by atoms with Gasteiger partial charge in [-0.15, -0.1) is 11.3 Å². The van der Waals surface area contributed by atoms with Crippen molar-refractivity contribution in [1.82, 2.24) is 10.3 Å². The van der Waals surface area contributed by atoms with E-state index in [-0.39, 0.29) is 11.3 Å². The van der Waals surface area contributed by atoms with E-state index >= 15 is 0 Å². The van der Waals surface area contributed by atoms with Crippen molar-refractivity contribution in [3.05, 3.63) is 80.8 Å². The second kappa shape index (κ2) is 10.7. The number of carbonyl (C=O) groups excluding carboxylic acids is 2. The summed E-state index contributed by atoms with van der Waals surface area (Å²) < 4.78 is 5.80. The molecule has 0 saturated carbocycles. The number of benzene rings is 2. The van der Waals surface area contributed by atoms with Crippen molar-refractivity contribution in [3.8, 4) is 0 Å². The Morgan fingerprint density at radius 1 is 1.23 bits per heavy atom. The lowest BCUT2D eigenvalue weighted by Gasteiger charge is -2.09. The highest BCUT2D eigenvalue weighted by molar-refractivity contribution is 8.01. The number of aromatic nitrogens is 1. The lowest BCUT2D eigenvalue weighted by atomic mass is 10.1. The van der Waals surface area contributed by atoms with Crippen molar-refractivity contribution in [1.29, 1.82) is 0 Å². The number of esters is 1. The molecule has 2 aromatic carbocycles. The maximum Gasteiger partial charge on any atom is 0.340 e. The lowest BCUT2D eigenvalue weighted by molar-refractivity contribution is -0.384. The highest BCUT2D eigenvalue weighted by Crippen LogP contribution is 2.34. The van der Waals surface area contributed by atoms with E-state index in [1.807, 2.05) is 42.6 Å². The molecule has 1 amide bonds. The molecule has 0 bridgehead atoms. The van der Waals surface area contributed by atoms with Crippen LogP contribution in [0.2, 0.25) is 0 Å². The number of non-ortho nitro benzene ring substituents is 1. The summed E-state index contributed by atoms with van der Waals surface area (Å²) >= 11 is 2.62. The van der Waals surface area contributed by atoms with Gasteiger partial charge >= 0.3 is 5.97 Å². The third kappa shape index (κ3) is 6.63. The van der Waals surface area contributed by atoms with Crippen LogP contribution in [0.15, 0.2) is 63.1 Å². The van der Waals surface area contributed by atoms with E-state index in [0.29, 0.717) is 22.2 Å². The minimum atomic E-state index is -0.808. The zero-order valence-corrected chi connectivity index (χ0v) is 18.2. The molecule has 160 valence electrons. The van der Waals surface area contributed by atoms with Gasteiger partial charge in [0.15, 0.2) is 10.9 Å². The number of ether oxygens (including phenoxy) is 1. The second-order valence-electron chi connectivity index (χ2n) is 6.46. The number of hydrogen-bond acceptors (Lipinski definition) is 8. The molecule has 0 radical (unpaired) electrons. The Kier molecular flexibility index (Phi) is 7.74. The van der Waals surface area contributed by atoms with Gasteiger partial charge in [0.1, 0.15) is 0 Å². The number of thiazole rings is 1. The molecule has 0 saturated heterocycles. The minimum absolute atomic E-state index is 0.0177. The molecule has 10 heteroatoms. The number of nitrogens with zero attached hydrogens (tertiary/aromatic N) is 2. The first-order valence-electron chi connectivity index (χ1n) is 9.28. The number of nitrogens with one attached hydrogen (secondary N) is 1. The number of aryl methyl sites for hydroxylation is 1. The fraction of sp³-hybridized carbons (Fsp3) is 0.190. The Morgan fingerprint density at radius 2 is 2.00 bits per heavy atom. The topological polar surface area (TPSA) is 111 Å². The molecule has 3 rings (SSSR count). The average molecular weight is 458 g/mol. The molecule has 3 aromatic rings. The van der Waals surface area contributed by atoms with Crippen LogP contribution in [0, 0.1) is 17.0 Å². The Balaban J connectivity index is 1.61. The highest BCUT2D eigenvalue weighted by atomic mass is 32.2. The lowest BCUT2D eigenvalue weighted by Crippen LogP contribution is -2.30. The fourth-order valence-corrected chi connectivity index (χ4v) is 4.50. The average Bonchev–Trinajstić information content (AvgIpc) is 3.17. The van der Waals surface area contributed by atoms with Gasteiger partial charge in [0, 0.05) is 34.6 Å². The van der Waals surface area contributed by atoms with Crippen LogP contribution in [0.4, 0.5) is 5.69 Å². The Morgan fingerprint density at radius 3 is 2.68 bits per heavy atom. The predicted octanol–water partition coefficient (Wildman–Crippen LogP) is 4.03. The van der Waals surface area contributed by atoms with Gasteiger partial charge in [-0.25, -0.2) is 9.78 Å². The number of nitro benzene ring substituents is 1. The number of carbonyl (C=O) groups is 2. The molecule has 31 heavy (non-hydrogen) atoms. The summed E-state index contributed by atoms with van der Waals surface area (Å²) in [5.74, 6) is -1.25. The van der Waals surface area contributed by atoms with Crippen molar-refractivity contribution in [3.63, 3.8) is 0 Å². The molecular formula is C21H19N3O5S2. The standard InChI is InChI=1S/C21H19N3O5S2/c1-14-13-30-21(23-14)31-18-8-7-16(24(27)28)11-17(18)20(26)29-12-19(25)22-10-9-15-5-3-2-4-6-15/h2-8,11,13H,9-10,12H2,1H3,(H,22,25). The second-order valence-corrected chi connectivity index (χ2v) is 8.60. The van der Waals surface area contributed by atoms with Gasteiger partial charge in [0.25, 0.3) is 11.6 Å². The van der Waals surface area contributed by atoms with E-state index in [9.17, 15) is 19.7 Å². The molecule has 0 spiro atoms. The number of rotatable bonds is 9. The van der Waals surface area contributed by atoms with E-state index in [2.05, 4.69) is 10.3 Å². The quantitative estimate of drug-likeness (QED) is 0.293. The zero-order chi connectivity index (χ0) is 22.2. The van der Waals surface area contributed by atoms with E-state index in [1.54, 1.807) is 0 Å². The first kappa shape index (κ1) is 22.4. The maximum absolute atomic E-state index is 12.6. The van der Waals surface area contributed by atoms with Crippen molar-refractivity contribution >= 4 is 40.7 Å². The van der Waals surface area contributed by atoms with Crippen LogP contribution in [0.3, 0.4) is 0 Å². The van der Waals surface area contributed by atoms with E-state index < -0.39 is 23.4 Å². The summed E-state index contributed by atoms with van der Waals surface area (Å²) in [6.45, 7) is 1.78. The monoisotopic (exact) mass is 457 g/mol. The van der Waals surface area contributed by atoms with Crippen LogP contribution in [0.1, 0.15) is 21.6 Å². The zero-order valence-electron chi connectivity index (χ0n) is 16.6. The maximum atomic E-state index is 12.6. The molecule has 0 fully saturated rings. The SMILES string of the molecule is Cc1csc(Sc2ccc([N+](=O)[O-])cc2C(=O)OCC(=O)NCCc2ccccc2)n1. The molecule has 0 atom stereocenters. The van der Waals surface area contributed by atoms with Gasteiger partial charge in [-0.1, -0.05) is 42.1 Å². The summed E-state index contributed by atoms with van der Waals surface area (Å²) in [7, 11) is 0. The number of amides is 1. The molecule has 0 aliphatic heterocycles. The summed E-state index contributed by atoms with van der Waals surface area (Å²) in [6.07, 6.45) is 0.652. The molecule has 0 aliphatic carbocycles. The Bertz CT molecular complexity index is 1090. The third-order valence-corrected chi connectivity index (χ3v) is 6.23. The first-order valence-corrected chi connectivity index (χ1v) is 11.0. The molecular weight excluding hydrogens is 438 g/mol. The summed E-state index contributed by atoms with van der Waals surface area (Å²) in [5.41, 5.74) is 1.70. The van der Waals surface area contributed by atoms with Crippen molar-refractivity contribution in [2.45, 2.75) is 22.6 Å². The van der Waals surface area contributed by atoms with Gasteiger partial charge in [0.05, 0.1) is 10.5 Å². The molecule has 1 N–H and O–H groups in total. The molecule has 0 unspecified atom stereocenters. The van der Waals surface area contributed by atoms with Gasteiger partial charge < -0.3 is 10.1 Å². The third-order valence-electron chi connectivity index (χ3n) is 4.10. The molecule has 1 aromatic heterocycles. The number of hydrogen-bond donors (Lipinski definition) is 1. The van der Waals surface area contributed by atoms with Crippen LogP contribution < -0.4 is 5.32 Å². The van der Waals surface area contributed by atoms with Crippen LogP contribution in [-0.4, -0.2) is 34.9 Å². The summed E-state index contributed by atoms with van der Waals surface area (Å²) in [5, 5.41) is 15.7. The van der Waals surface area contributed by atoms with Crippen LogP contribution in [0.5, 0.6) is 0 Å². The normalized spacial score (nSPS) is 10.5. The van der Waals surface area contributed by atoms with Gasteiger partial charge in [0.2, 0.25) is 0 Å². The highest BCUT2D eigenvalue weighted by Gasteiger charge is 2.20. The summed E-state index contributed by atoms with van der Waals surface area (Å²) in [6, 6.07) is 13.6. The number of nitro groups is 1.